The van der Waals surface area contributed by atoms with E-state index in [-0.39, 0.29) is 11.5 Å². The first kappa shape index (κ1) is 25.1. The van der Waals surface area contributed by atoms with Crippen LogP contribution in [-0.2, 0) is 17.4 Å². The topological polar surface area (TPSA) is 77.8 Å². The van der Waals surface area contributed by atoms with Crippen LogP contribution in [0.25, 0.3) is 10.8 Å². The molecule has 2 N–H and O–H groups in total. The maximum absolute atomic E-state index is 13.1. The van der Waals surface area contributed by atoms with E-state index in [4.69, 9.17) is 23.2 Å². The largest absolute Gasteiger partial charge is 0.380 e. The number of nitrogens with zero attached hydrogens (tertiary/aromatic N) is 3. The van der Waals surface area contributed by atoms with Gasteiger partial charge in [-0.25, -0.2) is 0 Å². The van der Waals surface area contributed by atoms with Gasteiger partial charge in [0, 0.05) is 56.2 Å². The SMILES string of the molecule is Cn1ccc2cc(NC3CN(C4CCN(C(=O)[C@@](C)(O)c5cccc(Cl)c5)CC4)C3)cc(Cl)c2c1=O. The number of piperidine rings is 1. The van der Waals surface area contributed by atoms with Crippen LogP contribution in [0.4, 0.5) is 5.69 Å². The summed E-state index contributed by atoms with van der Waals surface area (Å²) >= 11 is 12.5. The summed E-state index contributed by atoms with van der Waals surface area (Å²) in [6, 6.07) is 13.2. The summed E-state index contributed by atoms with van der Waals surface area (Å²) in [5.74, 6) is -0.283. The Morgan fingerprint density at radius 3 is 2.53 bits per heavy atom. The van der Waals surface area contributed by atoms with Gasteiger partial charge in [-0.15, -0.1) is 0 Å². The zero-order valence-corrected chi connectivity index (χ0v) is 21.9. The van der Waals surface area contributed by atoms with E-state index in [1.165, 1.54) is 11.5 Å². The maximum Gasteiger partial charge on any atom is 0.259 e. The van der Waals surface area contributed by atoms with Gasteiger partial charge in [-0.2, -0.15) is 0 Å². The average molecular weight is 529 g/mol. The molecule has 2 saturated heterocycles. The van der Waals surface area contributed by atoms with Gasteiger partial charge < -0.3 is 19.9 Å². The number of rotatable bonds is 5. The van der Waals surface area contributed by atoms with Crippen LogP contribution in [-0.4, -0.2) is 63.6 Å². The number of aromatic nitrogens is 1. The summed E-state index contributed by atoms with van der Waals surface area (Å²) < 4.78 is 1.53. The maximum atomic E-state index is 13.1. The third-order valence-corrected chi connectivity index (χ3v) is 8.02. The molecule has 0 radical (unpaired) electrons. The lowest BCUT2D eigenvalue weighted by Gasteiger charge is -2.48. The molecule has 0 bridgehead atoms. The molecular weight excluding hydrogens is 499 g/mol. The fourth-order valence-electron chi connectivity index (χ4n) is 5.30. The fraction of sp³-hybridized carbons (Fsp3) is 0.407. The van der Waals surface area contributed by atoms with Gasteiger partial charge in [-0.05, 0) is 61.0 Å². The van der Waals surface area contributed by atoms with Crippen LogP contribution in [0.3, 0.4) is 0 Å². The van der Waals surface area contributed by atoms with Gasteiger partial charge in [0.25, 0.3) is 11.5 Å². The molecule has 3 aromatic rings. The number of fused-ring (bicyclic) bond motifs is 1. The van der Waals surface area contributed by atoms with E-state index in [0.29, 0.717) is 46.2 Å². The summed E-state index contributed by atoms with van der Waals surface area (Å²) in [5, 5.41) is 16.8. The zero-order valence-electron chi connectivity index (χ0n) is 20.4. The first-order valence-corrected chi connectivity index (χ1v) is 13.0. The van der Waals surface area contributed by atoms with Gasteiger partial charge in [0.2, 0.25) is 0 Å². The molecule has 2 fully saturated rings. The third-order valence-electron chi connectivity index (χ3n) is 7.48. The van der Waals surface area contributed by atoms with Gasteiger partial charge in [0.05, 0.1) is 16.5 Å². The monoisotopic (exact) mass is 528 g/mol. The number of pyridine rings is 1. The minimum Gasteiger partial charge on any atom is -0.380 e. The van der Waals surface area contributed by atoms with Crippen LogP contribution < -0.4 is 10.9 Å². The van der Waals surface area contributed by atoms with Crippen molar-refractivity contribution in [2.45, 2.75) is 37.5 Å². The molecule has 2 aromatic carbocycles. The molecule has 9 heteroatoms. The lowest BCUT2D eigenvalue weighted by atomic mass is 9.92. The first-order chi connectivity index (χ1) is 17.1. The van der Waals surface area contributed by atoms with Gasteiger partial charge in [0.1, 0.15) is 0 Å². The number of amides is 1. The highest BCUT2D eigenvalue weighted by Crippen LogP contribution is 2.30. The Kier molecular flexibility index (Phi) is 6.76. The molecular formula is C27H30Cl2N4O3. The van der Waals surface area contributed by atoms with E-state index in [1.807, 2.05) is 18.2 Å². The molecule has 5 rings (SSSR count). The highest BCUT2D eigenvalue weighted by atomic mass is 35.5. The Labute approximate surface area is 220 Å². The summed E-state index contributed by atoms with van der Waals surface area (Å²) in [5.41, 5.74) is -0.283. The van der Waals surface area contributed by atoms with E-state index in [2.05, 4.69) is 10.2 Å². The van der Waals surface area contributed by atoms with Crippen molar-refractivity contribution in [1.82, 2.24) is 14.4 Å². The molecule has 0 unspecified atom stereocenters. The Morgan fingerprint density at radius 2 is 1.83 bits per heavy atom. The molecule has 190 valence electrons. The molecule has 7 nitrogen and oxygen atoms in total. The fourth-order valence-corrected chi connectivity index (χ4v) is 5.80. The van der Waals surface area contributed by atoms with Crippen LogP contribution in [0.5, 0.6) is 0 Å². The average Bonchev–Trinajstić information content (AvgIpc) is 2.83. The van der Waals surface area contributed by atoms with Crippen LogP contribution in [0, 0.1) is 0 Å². The molecule has 2 aliphatic rings. The molecule has 1 amide bonds. The second-order valence-electron chi connectivity index (χ2n) is 10.1. The number of aryl methyl sites for hydroxylation is 1. The number of nitrogens with one attached hydrogen (secondary N) is 1. The lowest BCUT2D eigenvalue weighted by Crippen LogP contribution is -2.61. The van der Waals surface area contributed by atoms with Crippen molar-refractivity contribution >= 4 is 45.6 Å². The smallest absolute Gasteiger partial charge is 0.259 e. The van der Waals surface area contributed by atoms with Gasteiger partial charge in [-0.1, -0.05) is 35.3 Å². The van der Waals surface area contributed by atoms with Crippen molar-refractivity contribution in [3.8, 4) is 0 Å². The number of anilines is 1. The van der Waals surface area contributed by atoms with Crippen LogP contribution >= 0.6 is 23.2 Å². The molecule has 0 spiro atoms. The quantitative estimate of drug-likeness (QED) is 0.526. The number of carbonyl (C=O) groups excluding carboxylic acids is 1. The van der Waals surface area contributed by atoms with E-state index >= 15 is 0 Å². The summed E-state index contributed by atoms with van der Waals surface area (Å²) in [7, 11) is 1.72. The van der Waals surface area contributed by atoms with Crippen molar-refractivity contribution in [1.29, 1.82) is 0 Å². The van der Waals surface area contributed by atoms with Gasteiger partial charge in [0.15, 0.2) is 5.60 Å². The van der Waals surface area contributed by atoms with Crippen LogP contribution in [0.1, 0.15) is 25.3 Å². The standard InChI is InChI=1S/C27H30Cl2N4O3/c1-27(36,18-4-3-5-19(28)13-18)26(35)32-10-7-22(8-11-32)33-15-21(16-33)30-20-12-17-6-9-31(2)25(34)24(17)23(29)14-20/h3-6,9,12-14,21-22,30,36H,7-8,10-11,15-16H2,1-2H3/t27-/m0/s1. The van der Waals surface area contributed by atoms with Crippen molar-refractivity contribution in [2.24, 2.45) is 7.05 Å². The van der Waals surface area contributed by atoms with Gasteiger partial charge in [-0.3, -0.25) is 14.5 Å². The lowest BCUT2D eigenvalue weighted by molar-refractivity contribution is -0.152. The highest BCUT2D eigenvalue weighted by molar-refractivity contribution is 6.35. The minimum absolute atomic E-state index is 0.0993. The normalized spacial score (nSPS) is 19.2. The summed E-state index contributed by atoms with van der Waals surface area (Å²) in [6.45, 7) is 4.58. The predicted molar refractivity (Wildman–Crippen MR) is 144 cm³/mol. The molecule has 2 aliphatic heterocycles. The first-order valence-electron chi connectivity index (χ1n) is 12.2. The predicted octanol–water partition coefficient (Wildman–Crippen LogP) is 3.84. The molecule has 1 atom stereocenters. The Bertz CT molecular complexity index is 1360. The Balaban J connectivity index is 1.15. The van der Waals surface area contributed by atoms with E-state index in [1.54, 1.807) is 42.4 Å². The van der Waals surface area contributed by atoms with Crippen molar-refractivity contribution in [2.75, 3.05) is 31.5 Å². The molecule has 0 aliphatic carbocycles. The van der Waals surface area contributed by atoms with Gasteiger partial charge >= 0.3 is 0 Å². The molecule has 36 heavy (non-hydrogen) atoms. The van der Waals surface area contributed by atoms with Crippen molar-refractivity contribution < 1.29 is 9.90 Å². The van der Waals surface area contributed by atoms with E-state index in [0.717, 1.165) is 37.0 Å². The van der Waals surface area contributed by atoms with Crippen LogP contribution in [0.15, 0.2) is 53.5 Å². The number of likely N-dealkylation sites (tertiary alicyclic amines) is 2. The second kappa shape index (κ2) is 9.71. The van der Waals surface area contributed by atoms with E-state index < -0.39 is 5.60 Å². The number of hydrogen-bond acceptors (Lipinski definition) is 5. The Morgan fingerprint density at radius 1 is 1.11 bits per heavy atom. The number of halogens is 2. The molecule has 0 saturated carbocycles. The van der Waals surface area contributed by atoms with Crippen molar-refractivity contribution in [3.05, 3.63) is 74.6 Å². The van der Waals surface area contributed by atoms with Crippen LogP contribution in [0.2, 0.25) is 10.0 Å². The summed E-state index contributed by atoms with van der Waals surface area (Å²) in [4.78, 5) is 29.7. The summed E-state index contributed by atoms with van der Waals surface area (Å²) in [6.07, 6.45) is 3.49. The molecule has 1 aromatic heterocycles. The highest BCUT2D eigenvalue weighted by Gasteiger charge is 2.40. The number of benzene rings is 2. The number of carbonyl (C=O) groups is 1. The number of hydrogen-bond donors (Lipinski definition) is 2. The zero-order chi connectivity index (χ0) is 25.6. The van der Waals surface area contributed by atoms with E-state index in [9.17, 15) is 14.7 Å². The third kappa shape index (κ3) is 4.73. The molecule has 3 heterocycles. The minimum atomic E-state index is -1.60. The van der Waals surface area contributed by atoms with Crippen molar-refractivity contribution in [3.63, 3.8) is 0 Å². The second-order valence-corrected chi connectivity index (χ2v) is 10.9. The Hall–Kier alpha value is -2.58. The number of aliphatic hydroxyl groups is 1.